The van der Waals surface area contributed by atoms with E-state index in [0.29, 0.717) is 19.8 Å². The molecule has 0 fully saturated rings. The molecule has 1 aromatic carbocycles. The van der Waals surface area contributed by atoms with Crippen LogP contribution in [0.1, 0.15) is 46.5 Å². The molecule has 0 spiro atoms. The van der Waals surface area contributed by atoms with Gasteiger partial charge in [0, 0.05) is 38.1 Å². The number of nitrogens with one attached hydrogen (secondary N) is 2. The highest BCUT2D eigenvalue weighted by Crippen LogP contribution is 2.17. The Kier molecular flexibility index (Phi) is 13.5. The van der Waals surface area contributed by atoms with Crippen molar-refractivity contribution in [3.05, 3.63) is 30.3 Å². The quantitative estimate of drug-likeness (QED) is 0.311. The third-order valence-corrected chi connectivity index (χ3v) is 6.61. The van der Waals surface area contributed by atoms with Crippen molar-refractivity contribution in [1.82, 2.24) is 5.32 Å². The Morgan fingerprint density at radius 3 is 1.88 bits per heavy atom. The van der Waals surface area contributed by atoms with Gasteiger partial charge in [-0.1, -0.05) is 39.0 Å². The molecule has 26 heavy (non-hydrogen) atoms. The van der Waals surface area contributed by atoms with Gasteiger partial charge in [0.05, 0.1) is 0 Å². The number of para-hydroxylation sites is 1. The van der Waals surface area contributed by atoms with E-state index in [1.165, 1.54) is 5.69 Å². The van der Waals surface area contributed by atoms with Crippen molar-refractivity contribution in [3.8, 4) is 0 Å². The van der Waals surface area contributed by atoms with Crippen molar-refractivity contribution in [1.29, 1.82) is 0 Å². The maximum atomic E-state index is 6.11. The van der Waals surface area contributed by atoms with E-state index in [9.17, 15) is 0 Å². The van der Waals surface area contributed by atoms with E-state index in [1.54, 1.807) is 0 Å². The lowest BCUT2D eigenvalue weighted by Gasteiger charge is -2.29. The summed E-state index contributed by atoms with van der Waals surface area (Å²) < 4.78 is 18.3. The van der Waals surface area contributed by atoms with E-state index in [1.807, 2.05) is 18.2 Å². The molecule has 0 aliphatic carbocycles. The fourth-order valence-electron chi connectivity index (χ4n) is 2.48. The first kappa shape index (κ1) is 23.1. The second-order valence-corrected chi connectivity index (χ2v) is 9.11. The summed E-state index contributed by atoms with van der Waals surface area (Å²) in [6.07, 6.45) is 4.03. The first-order valence-corrected chi connectivity index (χ1v) is 12.1. The third-order valence-electron chi connectivity index (χ3n) is 3.82. The van der Waals surface area contributed by atoms with Crippen LogP contribution in [0.3, 0.4) is 0 Å². The van der Waals surface area contributed by atoms with Gasteiger partial charge in [-0.2, -0.15) is 0 Å². The molecule has 0 aliphatic rings. The van der Waals surface area contributed by atoms with E-state index in [-0.39, 0.29) is 0 Å². The van der Waals surface area contributed by atoms with Crippen LogP contribution in [0, 0.1) is 0 Å². The van der Waals surface area contributed by atoms with Crippen molar-refractivity contribution in [2.24, 2.45) is 0 Å². The molecular formula is C20H38N2O3Si. The number of anilines is 1. The number of hydrogen-bond acceptors (Lipinski definition) is 5. The van der Waals surface area contributed by atoms with Crippen molar-refractivity contribution >= 4 is 14.5 Å². The highest BCUT2D eigenvalue weighted by molar-refractivity contribution is 6.60. The summed E-state index contributed by atoms with van der Waals surface area (Å²) in [6, 6.07) is 11.1. The van der Waals surface area contributed by atoms with Crippen LogP contribution in [0.5, 0.6) is 0 Å². The molecule has 6 heteroatoms. The second kappa shape index (κ2) is 15.2. The van der Waals surface area contributed by atoms with Gasteiger partial charge in [0.15, 0.2) is 0 Å². The Morgan fingerprint density at radius 1 is 0.769 bits per heavy atom. The summed E-state index contributed by atoms with van der Waals surface area (Å²) in [5, 5.41) is 6.94. The van der Waals surface area contributed by atoms with Crippen LogP contribution in [0.25, 0.3) is 0 Å². The van der Waals surface area contributed by atoms with E-state index >= 15 is 0 Å². The molecule has 0 unspecified atom stereocenters. The first-order valence-electron chi connectivity index (χ1n) is 10.2. The van der Waals surface area contributed by atoms with Crippen molar-refractivity contribution < 1.29 is 13.3 Å². The minimum Gasteiger partial charge on any atom is -0.385 e. The average Bonchev–Trinajstić information content (AvgIpc) is 2.68. The van der Waals surface area contributed by atoms with Crippen molar-refractivity contribution in [2.45, 2.75) is 52.5 Å². The van der Waals surface area contributed by atoms with Crippen LogP contribution in [-0.2, 0) is 13.3 Å². The number of hydrogen-bond donors (Lipinski definition) is 2. The highest BCUT2D eigenvalue weighted by Gasteiger charge is 2.40. The highest BCUT2D eigenvalue weighted by atomic mass is 28.4. The van der Waals surface area contributed by atoms with Crippen LogP contribution in [0.4, 0.5) is 5.69 Å². The summed E-state index contributed by atoms with van der Waals surface area (Å²) in [4.78, 5) is 0. The molecule has 0 radical (unpaired) electrons. The second-order valence-electron chi connectivity index (χ2n) is 6.37. The van der Waals surface area contributed by atoms with Crippen LogP contribution < -0.4 is 10.6 Å². The zero-order chi connectivity index (χ0) is 18.9. The smallest absolute Gasteiger partial charge is 0.385 e. The monoisotopic (exact) mass is 382 g/mol. The normalized spacial score (nSPS) is 11.7. The number of benzene rings is 1. The average molecular weight is 383 g/mol. The topological polar surface area (TPSA) is 51.8 Å². The van der Waals surface area contributed by atoms with Crippen molar-refractivity contribution in [3.63, 3.8) is 0 Å². The predicted molar refractivity (Wildman–Crippen MR) is 112 cm³/mol. The van der Waals surface area contributed by atoms with Gasteiger partial charge < -0.3 is 23.9 Å². The van der Waals surface area contributed by atoms with E-state index in [0.717, 1.165) is 51.4 Å². The Bertz CT molecular complexity index is 413. The SMILES string of the molecule is CCCO[Si](CCNCCCNc1ccccc1)(OCCC)OCCC. The largest absolute Gasteiger partial charge is 0.502 e. The molecule has 150 valence electrons. The minimum atomic E-state index is -2.56. The van der Waals surface area contributed by atoms with Gasteiger partial charge in [-0.05, 0) is 50.9 Å². The fourth-order valence-corrected chi connectivity index (χ4v) is 5.19. The third kappa shape index (κ3) is 10.3. The standard InChI is InChI=1S/C20H38N2O3Si/c1-4-16-23-26(24-17-5-2,25-18-6-3)19-15-21-13-10-14-22-20-11-8-7-9-12-20/h7-9,11-12,21-22H,4-6,10,13-19H2,1-3H3. The maximum absolute atomic E-state index is 6.11. The van der Waals surface area contributed by atoms with Crippen molar-refractivity contribution in [2.75, 3.05) is 44.8 Å². The molecule has 1 aromatic rings. The van der Waals surface area contributed by atoms with Gasteiger partial charge in [-0.25, -0.2) is 0 Å². The summed E-state index contributed by atoms with van der Waals surface area (Å²) in [6.45, 7) is 11.3. The zero-order valence-electron chi connectivity index (χ0n) is 16.9. The van der Waals surface area contributed by atoms with Gasteiger partial charge in [0.1, 0.15) is 0 Å². The van der Waals surface area contributed by atoms with Crippen LogP contribution in [0.2, 0.25) is 6.04 Å². The lowest BCUT2D eigenvalue weighted by Crippen LogP contribution is -2.48. The van der Waals surface area contributed by atoms with Crippen LogP contribution in [0.15, 0.2) is 30.3 Å². The van der Waals surface area contributed by atoms with Gasteiger partial charge in [0.25, 0.3) is 0 Å². The lowest BCUT2D eigenvalue weighted by atomic mass is 10.3. The fraction of sp³-hybridized carbons (Fsp3) is 0.700. The molecule has 0 amide bonds. The van der Waals surface area contributed by atoms with E-state index in [2.05, 4.69) is 43.5 Å². The molecule has 0 atom stereocenters. The molecule has 0 heterocycles. The van der Waals surface area contributed by atoms with Gasteiger partial charge in [-0.15, -0.1) is 0 Å². The number of rotatable bonds is 17. The van der Waals surface area contributed by atoms with E-state index < -0.39 is 8.80 Å². The first-order chi connectivity index (χ1) is 12.8. The summed E-state index contributed by atoms with van der Waals surface area (Å²) in [5.41, 5.74) is 1.17. The summed E-state index contributed by atoms with van der Waals surface area (Å²) in [7, 11) is -2.56. The minimum absolute atomic E-state index is 0.709. The van der Waals surface area contributed by atoms with Gasteiger partial charge in [0.2, 0.25) is 0 Å². The maximum Gasteiger partial charge on any atom is 0.502 e. The zero-order valence-corrected chi connectivity index (χ0v) is 17.9. The van der Waals surface area contributed by atoms with E-state index in [4.69, 9.17) is 13.3 Å². The summed E-state index contributed by atoms with van der Waals surface area (Å²) >= 11 is 0. The van der Waals surface area contributed by atoms with Crippen LogP contribution >= 0.6 is 0 Å². The Hall–Kier alpha value is -0.923. The molecule has 1 rings (SSSR count). The summed E-state index contributed by atoms with van der Waals surface area (Å²) in [5.74, 6) is 0. The molecule has 0 aliphatic heterocycles. The predicted octanol–water partition coefficient (Wildman–Crippen LogP) is 4.30. The molecule has 0 saturated heterocycles. The van der Waals surface area contributed by atoms with Crippen LogP contribution in [-0.4, -0.2) is 48.3 Å². The Balaban J connectivity index is 2.29. The lowest BCUT2D eigenvalue weighted by molar-refractivity contribution is 0.0593. The molecule has 2 N–H and O–H groups in total. The molecule has 0 saturated carbocycles. The molecular weight excluding hydrogens is 344 g/mol. The van der Waals surface area contributed by atoms with Gasteiger partial charge in [-0.3, -0.25) is 0 Å². The molecule has 0 bridgehead atoms. The molecule has 0 aromatic heterocycles. The molecule has 5 nitrogen and oxygen atoms in total. The van der Waals surface area contributed by atoms with Gasteiger partial charge >= 0.3 is 8.80 Å². The Morgan fingerprint density at radius 2 is 1.35 bits per heavy atom. The Labute approximate surface area is 161 Å².